The summed E-state index contributed by atoms with van der Waals surface area (Å²) in [5.41, 5.74) is 6.24. The van der Waals surface area contributed by atoms with Crippen molar-refractivity contribution < 1.29 is 17.6 Å². The summed E-state index contributed by atoms with van der Waals surface area (Å²) >= 11 is 0. The predicted octanol–water partition coefficient (Wildman–Crippen LogP) is 2.22. The third kappa shape index (κ3) is 3.62. The second-order valence-corrected chi connectivity index (χ2v) is 6.49. The Labute approximate surface area is 128 Å². The minimum atomic E-state index is -3.79. The summed E-state index contributed by atoms with van der Waals surface area (Å²) < 4.78 is 39.5. The van der Waals surface area contributed by atoms with E-state index in [9.17, 15) is 17.6 Å². The summed E-state index contributed by atoms with van der Waals surface area (Å²) in [5, 5.41) is 0. The molecule has 0 saturated heterocycles. The number of sulfonamides is 1. The lowest BCUT2D eigenvalue weighted by atomic mass is 10.0. The number of carbonyl (C=O) groups is 1. The lowest BCUT2D eigenvalue weighted by Gasteiger charge is -2.11. The summed E-state index contributed by atoms with van der Waals surface area (Å²) in [6, 6.07) is 10.8. The van der Waals surface area contributed by atoms with Crippen LogP contribution < -0.4 is 10.5 Å². The van der Waals surface area contributed by atoms with Gasteiger partial charge in [-0.1, -0.05) is 12.1 Å². The summed E-state index contributed by atoms with van der Waals surface area (Å²) in [5.74, 6) is -1.42. The average molecular weight is 322 g/mol. The summed E-state index contributed by atoms with van der Waals surface area (Å²) in [4.78, 5) is 11.1. The van der Waals surface area contributed by atoms with Gasteiger partial charge >= 0.3 is 0 Å². The Kier molecular flexibility index (Phi) is 4.46. The topological polar surface area (TPSA) is 89.3 Å². The zero-order valence-corrected chi connectivity index (χ0v) is 12.6. The highest BCUT2D eigenvalue weighted by atomic mass is 32.2. The van der Waals surface area contributed by atoms with Gasteiger partial charge in [0.25, 0.3) is 10.0 Å². The van der Waals surface area contributed by atoms with Crippen LogP contribution in [0.1, 0.15) is 18.4 Å². The number of halogens is 1. The maximum absolute atomic E-state index is 12.8. The molecule has 0 heterocycles. The molecule has 0 aliphatic rings. The SMILES string of the molecule is C[C@@H](C(N)=O)c1ccc(NS(=O)(=O)c2ccc(F)cc2)cc1. The van der Waals surface area contributed by atoms with Gasteiger partial charge in [0.15, 0.2) is 0 Å². The number of primary amides is 1. The fourth-order valence-corrected chi connectivity index (χ4v) is 2.89. The normalized spacial score (nSPS) is 12.6. The van der Waals surface area contributed by atoms with Crippen LogP contribution in [0.4, 0.5) is 10.1 Å². The van der Waals surface area contributed by atoms with Crippen LogP contribution in [0.25, 0.3) is 0 Å². The largest absolute Gasteiger partial charge is 0.369 e. The van der Waals surface area contributed by atoms with E-state index in [0.29, 0.717) is 11.3 Å². The molecule has 2 rings (SSSR count). The standard InChI is InChI=1S/C15H15FN2O3S/c1-10(15(17)19)11-2-6-13(7-3-11)18-22(20,21)14-8-4-12(16)5-9-14/h2-10,18H,1H3,(H2,17,19)/t10-/m1/s1. The summed E-state index contributed by atoms with van der Waals surface area (Å²) in [6.07, 6.45) is 0. The van der Waals surface area contributed by atoms with Gasteiger partial charge in [-0.05, 0) is 48.9 Å². The van der Waals surface area contributed by atoms with E-state index in [1.807, 2.05) is 0 Å². The van der Waals surface area contributed by atoms with Crippen LogP contribution in [0.15, 0.2) is 53.4 Å². The molecular weight excluding hydrogens is 307 g/mol. The van der Waals surface area contributed by atoms with Crippen molar-refractivity contribution in [3.63, 3.8) is 0 Å². The Morgan fingerprint density at radius 3 is 2.14 bits per heavy atom. The molecule has 116 valence electrons. The highest BCUT2D eigenvalue weighted by Crippen LogP contribution is 2.20. The molecular formula is C15H15FN2O3S. The average Bonchev–Trinajstić information content (AvgIpc) is 2.47. The molecule has 0 bridgehead atoms. The van der Waals surface area contributed by atoms with Gasteiger partial charge in [0.1, 0.15) is 5.82 Å². The highest BCUT2D eigenvalue weighted by molar-refractivity contribution is 7.92. The molecule has 0 unspecified atom stereocenters. The molecule has 0 radical (unpaired) electrons. The molecule has 3 N–H and O–H groups in total. The van der Waals surface area contributed by atoms with Crippen LogP contribution in [0.5, 0.6) is 0 Å². The van der Waals surface area contributed by atoms with Crippen molar-refractivity contribution in [3.05, 3.63) is 59.9 Å². The third-order valence-corrected chi connectivity index (χ3v) is 4.61. The zero-order chi connectivity index (χ0) is 16.3. The van der Waals surface area contributed by atoms with Crippen LogP contribution in [-0.2, 0) is 14.8 Å². The molecule has 22 heavy (non-hydrogen) atoms. The first kappa shape index (κ1) is 16.0. The van der Waals surface area contributed by atoms with Crippen LogP contribution in [0.2, 0.25) is 0 Å². The predicted molar refractivity (Wildman–Crippen MR) is 81.3 cm³/mol. The third-order valence-electron chi connectivity index (χ3n) is 3.21. The Morgan fingerprint density at radius 1 is 1.09 bits per heavy atom. The number of carbonyl (C=O) groups excluding carboxylic acids is 1. The number of nitrogens with two attached hydrogens (primary N) is 1. The van der Waals surface area contributed by atoms with Crippen LogP contribution in [0, 0.1) is 5.82 Å². The Morgan fingerprint density at radius 2 is 1.64 bits per heavy atom. The molecule has 0 spiro atoms. The van der Waals surface area contributed by atoms with Crippen LogP contribution >= 0.6 is 0 Å². The molecule has 0 saturated carbocycles. The fourth-order valence-electron chi connectivity index (χ4n) is 1.83. The number of anilines is 1. The second-order valence-electron chi connectivity index (χ2n) is 4.81. The van der Waals surface area contributed by atoms with Gasteiger partial charge in [-0.3, -0.25) is 9.52 Å². The number of benzene rings is 2. The van der Waals surface area contributed by atoms with Crippen molar-refractivity contribution in [1.29, 1.82) is 0 Å². The summed E-state index contributed by atoms with van der Waals surface area (Å²) in [7, 11) is -3.79. The molecule has 5 nitrogen and oxygen atoms in total. The number of nitrogens with one attached hydrogen (secondary N) is 1. The molecule has 7 heteroatoms. The van der Waals surface area contributed by atoms with Crippen LogP contribution in [-0.4, -0.2) is 14.3 Å². The van der Waals surface area contributed by atoms with Gasteiger partial charge in [0.05, 0.1) is 10.8 Å². The van der Waals surface area contributed by atoms with Crippen molar-refractivity contribution in [2.45, 2.75) is 17.7 Å². The van der Waals surface area contributed by atoms with Crippen molar-refractivity contribution in [2.24, 2.45) is 5.73 Å². The maximum atomic E-state index is 12.8. The van der Waals surface area contributed by atoms with Crippen molar-refractivity contribution in [1.82, 2.24) is 0 Å². The van der Waals surface area contributed by atoms with Crippen LogP contribution in [0.3, 0.4) is 0 Å². The molecule has 0 aliphatic carbocycles. The second kappa shape index (κ2) is 6.15. The highest BCUT2D eigenvalue weighted by Gasteiger charge is 2.15. The van der Waals surface area contributed by atoms with Crippen molar-refractivity contribution >= 4 is 21.6 Å². The van der Waals surface area contributed by atoms with E-state index >= 15 is 0 Å². The number of rotatable bonds is 5. The number of hydrogen-bond acceptors (Lipinski definition) is 3. The van der Waals surface area contributed by atoms with Gasteiger partial charge in [0, 0.05) is 5.69 Å². The lowest BCUT2D eigenvalue weighted by molar-refractivity contribution is -0.119. The van der Waals surface area contributed by atoms with E-state index in [1.165, 1.54) is 24.3 Å². The molecule has 1 amide bonds. The molecule has 2 aromatic carbocycles. The van der Waals surface area contributed by atoms with Gasteiger partial charge < -0.3 is 5.73 Å². The minimum absolute atomic E-state index is 0.0384. The summed E-state index contributed by atoms with van der Waals surface area (Å²) in [6.45, 7) is 1.67. The lowest BCUT2D eigenvalue weighted by Crippen LogP contribution is -2.18. The number of hydrogen-bond donors (Lipinski definition) is 2. The number of amides is 1. The molecule has 2 aromatic rings. The van der Waals surface area contributed by atoms with Gasteiger partial charge in [-0.15, -0.1) is 0 Å². The monoisotopic (exact) mass is 322 g/mol. The first-order valence-corrected chi connectivity index (χ1v) is 7.95. The molecule has 0 aromatic heterocycles. The Bertz CT molecular complexity index is 771. The van der Waals surface area contributed by atoms with Crippen molar-refractivity contribution in [3.8, 4) is 0 Å². The van der Waals surface area contributed by atoms with E-state index in [-0.39, 0.29) is 4.90 Å². The van der Waals surface area contributed by atoms with Crippen molar-refractivity contribution in [2.75, 3.05) is 4.72 Å². The molecule has 0 aliphatic heterocycles. The van der Waals surface area contributed by atoms with Gasteiger partial charge in [-0.25, -0.2) is 12.8 Å². The first-order chi connectivity index (χ1) is 10.3. The molecule has 0 fully saturated rings. The van der Waals surface area contributed by atoms with E-state index in [2.05, 4.69) is 4.72 Å². The van der Waals surface area contributed by atoms with Gasteiger partial charge in [0.2, 0.25) is 5.91 Å². The van der Waals surface area contributed by atoms with Gasteiger partial charge in [-0.2, -0.15) is 0 Å². The minimum Gasteiger partial charge on any atom is -0.369 e. The Hall–Kier alpha value is -2.41. The first-order valence-electron chi connectivity index (χ1n) is 6.47. The Balaban J connectivity index is 2.20. The zero-order valence-electron chi connectivity index (χ0n) is 11.8. The van der Waals surface area contributed by atoms with E-state index < -0.39 is 27.7 Å². The smallest absolute Gasteiger partial charge is 0.261 e. The van der Waals surface area contributed by atoms with E-state index in [1.54, 1.807) is 19.1 Å². The van der Waals surface area contributed by atoms with E-state index in [0.717, 1.165) is 12.1 Å². The van der Waals surface area contributed by atoms with E-state index in [4.69, 9.17) is 5.73 Å². The fraction of sp³-hybridized carbons (Fsp3) is 0.133. The quantitative estimate of drug-likeness (QED) is 0.884. The maximum Gasteiger partial charge on any atom is 0.261 e. The molecule has 1 atom stereocenters.